The maximum absolute atomic E-state index is 10.3. The van der Waals surface area contributed by atoms with Crippen LogP contribution >= 0.6 is 0 Å². The van der Waals surface area contributed by atoms with Crippen molar-refractivity contribution in [3.8, 4) is 0 Å². The fourth-order valence-electron chi connectivity index (χ4n) is 3.15. The Labute approximate surface area is 78.4 Å². The molecule has 3 atom stereocenters. The molecule has 13 heavy (non-hydrogen) atoms. The van der Waals surface area contributed by atoms with Crippen molar-refractivity contribution in [2.75, 3.05) is 6.61 Å². The zero-order chi connectivity index (χ0) is 9.53. The number of hydrogen-bond acceptors (Lipinski definition) is 3. The summed E-state index contributed by atoms with van der Waals surface area (Å²) in [6.07, 6.45) is 4.31. The molecule has 3 nitrogen and oxygen atoms in total. The van der Waals surface area contributed by atoms with Crippen LogP contribution in [0.1, 0.15) is 38.5 Å². The lowest BCUT2D eigenvalue weighted by molar-refractivity contribution is -0.159. The summed E-state index contributed by atoms with van der Waals surface area (Å²) in [5.74, 6) is 0. The topological polar surface area (TPSA) is 60.7 Å². The molecule has 0 heterocycles. The fraction of sp³-hybridized carbons (Fsp3) is 1.00. The zero-order valence-corrected chi connectivity index (χ0v) is 7.87. The number of rotatable bonds is 1. The molecular weight excluding hydrogens is 168 g/mol. The normalized spacial score (nSPS) is 50.5. The van der Waals surface area contributed by atoms with E-state index >= 15 is 0 Å². The van der Waals surface area contributed by atoms with E-state index in [1.54, 1.807) is 0 Å². The molecule has 0 saturated heterocycles. The van der Waals surface area contributed by atoms with Crippen LogP contribution < -0.4 is 0 Å². The van der Waals surface area contributed by atoms with E-state index in [2.05, 4.69) is 0 Å². The van der Waals surface area contributed by atoms with Crippen molar-refractivity contribution < 1.29 is 15.3 Å². The van der Waals surface area contributed by atoms with Crippen LogP contribution in [0.4, 0.5) is 0 Å². The molecule has 0 spiro atoms. The summed E-state index contributed by atoms with van der Waals surface area (Å²) >= 11 is 0. The first-order valence-corrected chi connectivity index (χ1v) is 5.16. The van der Waals surface area contributed by atoms with Gasteiger partial charge in [0.15, 0.2) is 0 Å². The van der Waals surface area contributed by atoms with Gasteiger partial charge in [0.1, 0.15) is 0 Å². The van der Waals surface area contributed by atoms with E-state index in [0.29, 0.717) is 12.8 Å². The second-order valence-corrected chi connectivity index (χ2v) is 4.62. The van der Waals surface area contributed by atoms with E-state index < -0.39 is 17.1 Å². The Morgan fingerprint density at radius 2 is 1.85 bits per heavy atom. The van der Waals surface area contributed by atoms with E-state index in [-0.39, 0.29) is 6.61 Å². The van der Waals surface area contributed by atoms with Gasteiger partial charge in [-0.3, -0.25) is 0 Å². The van der Waals surface area contributed by atoms with E-state index in [1.807, 2.05) is 0 Å². The molecular formula is C10H18O3. The molecule has 3 heteroatoms. The average Bonchev–Trinajstić information content (AvgIpc) is 2.41. The number of aliphatic hydroxyl groups is 3. The molecule has 0 aromatic heterocycles. The van der Waals surface area contributed by atoms with Gasteiger partial charge in [-0.05, 0) is 25.7 Å². The third kappa shape index (κ3) is 1.07. The van der Waals surface area contributed by atoms with Crippen molar-refractivity contribution in [1.82, 2.24) is 0 Å². The van der Waals surface area contributed by atoms with Crippen LogP contribution in [0.3, 0.4) is 0 Å². The van der Waals surface area contributed by atoms with Crippen molar-refractivity contribution in [2.45, 2.75) is 50.2 Å². The maximum Gasteiger partial charge on any atom is 0.0983 e. The Morgan fingerprint density at radius 3 is 2.46 bits per heavy atom. The van der Waals surface area contributed by atoms with Gasteiger partial charge in [0.2, 0.25) is 0 Å². The van der Waals surface area contributed by atoms with Crippen LogP contribution in [0, 0.1) is 5.41 Å². The van der Waals surface area contributed by atoms with Crippen LogP contribution in [-0.2, 0) is 0 Å². The molecule has 2 rings (SSSR count). The summed E-state index contributed by atoms with van der Waals surface area (Å²) < 4.78 is 0. The number of aliphatic hydroxyl groups excluding tert-OH is 2. The van der Waals surface area contributed by atoms with Gasteiger partial charge in [0.05, 0.1) is 18.3 Å². The van der Waals surface area contributed by atoms with E-state index in [0.717, 1.165) is 25.7 Å². The monoisotopic (exact) mass is 186 g/mol. The Morgan fingerprint density at radius 1 is 1.15 bits per heavy atom. The smallest absolute Gasteiger partial charge is 0.0983 e. The van der Waals surface area contributed by atoms with Crippen molar-refractivity contribution in [2.24, 2.45) is 5.41 Å². The van der Waals surface area contributed by atoms with E-state index in [4.69, 9.17) is 0 Å². The van der Waals surface area contributed by atoms with Gasteiger partial charge in [0, 0.05) is 5.41 Å². The second-order valence-electron chi connectivity index (χ2n) is 4.62. The summed E-state index contributed by atoms with van der Waals surface area (Å²) in [6.45, 7) is 0.0144. The number of hydrogen-bond donors (Lipinski definition) is 3. The molecule has 0 aliphatic heterocycles. The summed E-state index contributed by atoms with van der Waals surface area (Å²) in [7, 11) is 0. The molecule has 0 amide bonds. The largest absolute Gasteiger partial charge is 0.396 e. The molecule has 0 aromatic rings. The first-order valence-electron chi connectivity index (χ1n) is 5.16. The highest BCUT2D eigenvalue weighted by Crippen LogP contribution is 2.54. The lowest BCUT2D eigenvalue weighted by atomic mass is 9.65. The fourth-order valence-corrected chi connectivity index (χ4v) is 3.15. The van der Waals surface area contributed by atoms with Gasteiger partial charge in [-0.15, -0.1) is 0 Å². The minimum absolute atomic E-state index is 0.0144. The van der Waals surface area contributed by atoms with Crippen LogP contribution in [0.5, 0.6) is 0 Å². The molecule has 3 N–H and O–H groups in total. The Balaban J connectivity index is 2.30. The molecule has 0 radical (unpaired) electrons. The minimum atomic E-state index is -1.00. The van der Waals surface area contributed by atoms with E-state index in [9.17, 15) is 15.3 Å². The highest BCUT2D eigenvalue weighted by Gasteiger charge is 2.59. The minimum Gasteiger partial charge on any atom is -0.396 e. The molecule has 2 aliphatic carbocycles. The van der Waals surface area contributed by atoms with Gasteiger partial charge in [-0.1, -0.05) is 12.8 Å². The van der Waals surface area contributed by atoms with Gasteiger partial charge in [-0.2, -0.15) is 0 Å². The zero-order valence-electron chi connectivity index (χ0n) is 7.87. The molecule has 0 aromatic carbocycles. The Kier molecular flexibility index (Phi) is 2.13. The quantitative estimate of drug-likeness (QED) is 0.556. The van der Waals surface area contributed by atoms with E-state index in [1.165, 1.54) is 0 Å². The molecule has 2 saturated carbocycles. The highest BCUT2D eigenvalue weighted by atomic mass is 16.3. The Bertz CT molecular complexity index is 196. The second kappa shape index (κ2) is 2.94. The first kappa shape index (κ1) is 9.44. The summed E-state index contributed by atoms with van der Waals surface area (Å²) in [6, 6.07) is 0. The van der Waals surface area contributed by atoms with Crippen molar-refractivity contribution in [3.63, 3.8) is 0 Å². The molecule has 2 aliphatic rings. The Hall–Kier alpha value is -0.120. The predicted molar refractivity (Wildman–Crippen MR) is 48.2 cm³/mol. The highest BCUT2D eigenvalue weighted by molar-refractivity contribution is 5.10. The molecule has 76 valence electrons. The lowest BCUT2D eigenvalue weighted by Gasteiger charge is -2.46. The third-order valence-electron chi connectivity index (χ3n) is 4.13. The molecule has 1 unspecified atom stereocenters. The standard InChI is InChI=1S/C10H18O3/c11-7-9-4-1-2-5-10(9,13)8(12)3-6-9/h8,11-13H,1-7H2/t8?,9-,10-/m0/s1. The third-order valence-corrected chi connectivity index (χ3v) is 4.13. The molecule has 0 bridgehead atoms. The van der Waals surface area contributed by atoms with Crippen LogP contribution in [0.2, 0.25) is 0 Å². The predicted octanol–water partition coefficient (Wildman–Crippen LogP) is 0.425. The van der Waals surface area contributed by atoms with Crippen LogP contribution in [0.15, 0.2) is 0 Å². The van der Waals surface area contributed by atoms with Gasteiger partial charge < -0.3 is 15.3 Å². The summed E-state index contributed by atoms with van der Waals surface area (Å²) in [5, 5.41) is 29.4. The van der Waals surface area contributed by atoms with Crippen LogP contribution in [-0.4, -0.2) is 33.6 Å². The number of fused-ring (bicyclic) bond motifs is 1. The van der Waals surface area contributed by atoms with Gasteiger partial charge >= 0.3 is 0 Å². The van der Waals surface area contributed by atoms with Crippen molar-refractivity contribution in [1.29, 1.82) is 0 Å². The maximum atomic E-state index is 10.3. The summed E-state index contributed by atoms with van der Waals surface area (Å²) in [5.41, 5.74) is -1.40. The first-order chi connectivity index (χ1) is 6.15. The van der Waals surface area contributed by atoms with Crippen molar-refractivity contribution >= 4 is 0 Å². The lowest BCUT2D eigenvalue weighted by Crippen LogP contribution is -2.54. The SMILES string of the molecule is OC[C@@]12CCCC[C@]1(O)C(O)CC2. The summed E-state index contributed by atoms with van der Waals surface area (Å²) in [4.78, 5) is 0. The van der Waals surface area contributed by atoms with Crippen LogP contribution in [0.25, 0.3) is 0 Å². The van der Waals surface area contributed by atoms with Gasteiger partial charge in [0.25, 0.3) is 0 Å². The molecule has 2 fully saturated rings. The average molecular weight is 186 g/mol. The van der Waals surface area contributed by atoms with Gasteiger partial charge in [-0.25, -0.2) is 0 Å². The van der Waals surface area contributed by atoms with Crippen molar-refractivity contribution in [3.05, 3.63) is 0 Å².